The molecule has 3 aromatic carbocycles. The van der Waals surface area contributed by atoms with E-state index in [4.69, 9.17) is 0 Å². The van der Waals surface area contributed by atoms with Crippen molar-refractivity contribution in [2.75, 3.05) is 19.6 Å². The molecule has 0 atom stereocenters. The maximum atomic E-state index is 11.9. The maximum Gasteiger partial charge on any atom is 0.156 e. The largest absolute Gasteiger partial charge is 0.411 e. The first-order valence-electron chi connectivity index (χ1n) is 11.5. The lowest BCUT2D eigenvalue weighted by Gasteiger charge is -2.37. The van der Waals surface area contributed by atoms with Gasteiger partial charge >= 0.3 is 0 Å². The van der Waals surface area contributed by atoms with Crippen molar-refractivity contribution < 1.29 is 14.8 Å². The van der Waals surface area contributed by atoms with Gasteiger partial charge in [0.25, 0.3) is 0 Å². The molecule has 4 heteroatoms. The number of benzene rings is 3. The van der Waals surface area contributed by atoms with Crippen LogP contribution in [0.4, 0.5) is 0 Å². The molecule has 0 saturated carbocycles. The summed E-state index contributed by atoms with van der Waals surface area (Å²) in [5.74, 6) is 0. The molecule has 0 aliphatic carbocycles. The van der Waals surface area contributed by atoms with Gasteiger partial charge in [0.15, 0.2) is 5.60 Å². The zero-order valence-electron chi connectivity index (χ0n) is 19.2. The van der Waals surface area contributed by atoms with E-state index >= 15 is 0 Å². The van der Waals surface area contributed by atoms with Gasteiger partial charge in [-0.3, -0.25) is 0 Å². The summed E-state index contributed by atoms with van der Waals surface area (Å²) in [7, 11) is 0. The highest BCUT2D eigenvalue weighted by atomic mass is 16.4. The first kappa shape index (κ1) is 23.7. The Labute approximate surface area is 192 Å². The second-order valence-corrected chi connectivity index (χ2v) is 8.43. The molecule has 32 heavy (non-hydrogen) atoms. The zero-order valence-corrected chi connectivity index (χ0v) is 19.2. The van der Waals surface area contributed by atoms with E-state index in [1.165, 1.54) is 5.56 Å². The van der Waals surface area contributed by atoms with Crippen LogP contribution in [0, 0.1) is 0 Å². The molecule has 0 aliphatic heterocycles. The molecule has 3 aromatic rings. The molecule has 3 rings (SSSR count). The zero-order chi connectivity index (χ0) is 22.9. The van der Waals surface area contributed by atoms with Crippen molar-refractivity contribution in [1.29, 1.82) is 0 Å². The Balaban J connectivity index is 1.82. The van der Waals surface area contributed by atoms with Crippen molar-refractivity contribution >= 4 is 5.71 Å². The van der Waals surface area contributed by atoms with Gasteiger partial charge in [0.2, 0.25) is 0 Å². The molecule has 168 valence electrons. The number of hydrogen-bond acceptors (Lipinski definition) is 3. The predicted octanol–water partition coefficient (Wildman–Crippen LogP) is 5.59. The van der Waals surface area contributed by atoms with Gasteiger partial charge in [-0.05, 0) is 31.4 Å². The smallest absolute Gasteiger partial charge is 0.156 e. The molecule has 0 fully saturated rings. The number of nitrogens with zero attached hydrogens (tertiary/aromatic N) is 2. The van der Waals surface area contributed by atoms with Crippen molar-refractivity contribution in [3.05, 3.63) is 108 Å². The fourth-order valence-corrected chi connectivity index (χ4v) is 4.56. The van der Waals surface area contributed by atoms with E-state index in [0.717, 1.165) is 37.1 Å². The molecular formula is C28H35N2O2+. The van der Waals surface area contributed by atoms with E-state index in [-0.39, 0.29) is 0 Å². The number of quaternary nitrogens is 1. The van der Waals surface area contributed by atoms with Crippen LogP contribution in [0.15, 0.2) is 96.2 Å². The summed E-state index contributed by atoms with van der Waals surface area (Å²) in [6, 6.07) is 29.5. The molecule has 2 N–H and O–H groups in total. The van der Waals surface area contributed by atoms with Crippen molar-refractivity contribution in [2.45, 2.75) is 38.8 Å². The van der Waals surface area contributed by atoms with E-state index in [0.29, 0.717) is 23.3 Å². The highest BCUT2D eigenvalue weighted by Crippen LogP contribution is 2.33. The summed E-state index contributed by atoms with van der Waals surface area (Å²) in [5, 5.41) is 25.5. The van der Waals surface area contributed by atoms with Crippen LogP contribution < -0.4 is 0 Å². The van der Waals surface area contributed by atoms with Crippen LogP contribution in [0.25, 0.3) is 0 Å². The molecule has 0 unspecified atom stereocenters. The van der Waals surface area contributed by atoms with Crippen LogP contribution in [0.5, 0.6) is 0 Å². The van der Waals surface area contributed by atoms with Crippen molar-refractivity contribution in [3.8, 4) is 0 Å². The normalized spacial score (nSPS) is 12.7. The van der Waals surface area contributed by atoms with Gasteiger partial charge in [0, 0.05) is 12.0 Å². The van der Waals surface area contributed by atoms with Gasteiger partial charge in [-0.1, -0.05) is 96.2 Å². The van der Waals surface area contributed by atoms with Crippen LogP contribution >= 0.6 is 0 Å². The second-order valence-electron chi connectivity index (χ2n) is 8.43. The fraction of sp³-hybridized carbons (Fsp3) is 0.321. The molecule has 0 heterocycles. The van der Waals surface area contributed by atoms with E-state index in [9.17, 15) is 10.3 Å². The second kappa shape index (κ2) is 11.1. The van der Waals surface area contributed by atoms with Crippen LogP contribution in [0.1, 0.15) is 43.4 Å². The topological polar surface area (TPSA) is 52.8 Å². The highest BCUT2D eigenvalue weighted by molar-refractivity contribution is 5.96. The van der Waals surface area contributed by atoms with Crippen LogP contribution in [0.2, 0.25) is 0 Å². The van der Waals surface area contributed by atoms with E-state index in [2.05, 4.69) is 43.3 Å². The standard InChI is InChI=1S/C28H34N2O2/c1-3-30(4-2,23-24-15-8-5-9-16-24)22-14-21-27(29-32)28(31,25-17-10-6-11-18-25)26-19-12-7-13-20-26/h5-13,15-20,31H,3-4,14,21-23H2,1-2H3/p+1/b29-27+. The minimum atomic E-state index is -1.47. The van der Waals surface area contributed by atoms with Crippen molar-refractivity contribution in [2.24, 2.45) is 5.16 Å². The highest BCUT2D eigenvalue weighted by Gasteiger charge is 2.38. The monoisotopic (exact) mass is 431 g/mol. The molecule has 0 saturated heterocycles. The minimum Gasteiger partial charge on any atom is -0.411 e. The molecule has 0 amide bonds. The SMILES string of the molecule is CC[N+](CC)(CCC/C(=N\O)C(O)(c1ccccc1)c1ccccc1)Cc1ccccc1. The number of oxime groups is 1. The third-order valence-electron chi connectivity index (χ3n) is 6.67. The van der Waals surface area contributed by atoms with E-state index in [1.807, 2.05) is 66.7 Å². The molecule has 0 aromatic heterocycles. The molecule has 0 spiro atoms. The van der Waals surface area contributed by atoms with Gasteiger partial charge in [-0.15, -0.1) is 0 Å². The van der Waals surface area contributed by atoms with Gasteiger partial charge in [-0.25, -0.2) is 0 Å². The van der Waals surface area contributed by atoms with Crippen LogP contribution in [0.3, 0.4) is 0 Å². The van der Waals surface area contributed by atoms with E-state index in [1.54, 1.807) is 0 Å². The Hall–Kier alpha value is -2.95. The lowest BCUT2D eigenvalue weighted by atomic mass is 9.80. The minimum absolute atomic E-state index is 0.375. The summed E-state index contributed by atoms with van der Waals surface area (Å²) in [6.45, 7) is 8.44. The van der Waals surface area contributed by atoms with Gasteiger partial charge in [0.1, 0.15) is 6.54 Å². The Kier molecular flexibility index (Phi) is 8.20. The molecule has 0 bridgehead atoms. The molecule has 0 aliphatic rings. The van der Waals surface area contributed by atoms with Crippen LogP contribution in [-0.2, 0) is 12.1 Å². The molecule has 0 radical (unpaired) electrons. The average Bonchev–Trinajstić information content (AvgIpc) is 2.87. The van der Waals surface area contributed by atoms with Crippen LogP contribution in [-0.4, -0.2) is 40.1 Å². The number of aliphatic hydroxyl groups is 1. The van der Waals surface area contributed by atoms with Crippen molar-refractivity contribution in [3.63, 3.8) is 0 Å². The molecular weight excluding hydrogens is 396 g/mol. The Bertz CT molecular complexity index is 929. The first-order chi connectivity index (χ1) is 15.6. The third-order valence-corrected chi connectivity index (χ3v) is 6.67. The predicted molar refractivity (Wildman–Crippen MR) is 131 cm³/mol. The summed E-state index contributed by atoms with van der Waals surface area (Å²) in [5.41, 5.74) is 1.65. The average molecular weight is 432 g/mol. The Morgan fingerprint density at radius 2 is 1.25 bits per heavy atom. The summed E-state index contributed by atoms with van der Waals surface area (Å²) in [6.07, 6.45) is 1.32. The molecule has 4 nitrogen and oxygen atoms in total. The Morgan fingerprint density at radius 1 is 0.781 bits per heavy atom. The lowest BCUT2D eigenvalue weighted by Crippen LogP contribution is -2.48. The quantitative estimate of drug-likeness (QED) is 0.180. The summed E-state index contributed by atoms with van der Waals surface area (Å²) >= 11 is 0. The first-order valence-corrected chi connectivity index (χ1v) is 11.5. The Morgan fingerprint density at radius 3 is 1.69 bits per heavy atom. The van der Waals surface area contributed by atoms with Gasteiger partial charge in [-0.2, -0.15) is 0 Å². The van der Waals surface area contributed by atoms with Gasteiger partial charge < -0.3 is 14.8 Å². The summed E-state index contributed by atoms with van der Waals surface area (Å²) in [4.78, 5) is 0. The lowest BCUT2D eigenvalue weighted by molar-refractivity contribution is -0.937. The third kappa shape index (κ3) is 5.26. The van der Waals surface area contributed by atoms with E-state index < -0.39 is 5.60 Å². The van der Waals surface area contributed by atoms with Gasteiger partial charge in [0.05, 0.1) is 25.3 Å². The fourth-order valence-electron chi connectivity index (χ4n) is 4.56. The summed E-state index contributed by atoms with van der Waals surface area (Å²) < 4.78 is 0.956. The maximum absolute atomic E-state index is 11.9. The number of rotatable bonds is 11. The van der Waals surface area contributed by atoms with Crippen molar-refractivity contribution in [1.82, 2.24) is 0 Å². The number of hydrogen-bond donors (Lipinski definition) is 2.